The van der Waals surface area contributed by atoms with Gasteiger partial charge in [-0.15, -0.1) is 0 Å². The minimum Gasteiger partial charge on any atom is -0.508 e. The monoisotopic (exact) mass is 457 g/mol. The highest BCUT2D eigenvalue weighted by Gasteiger charge is 2.28. The zero-order valence-corrected chi connectivity index (χ0v) is 17.8. The molecule has 0 aliphatic heterocycles. The summed E-state index contributed by atoms with van der Waals surface area (Å²) in [6.45, 7) is 0. The molecule has 3 unspecified atom stereocenters. The number of phenols is 1. The molecule has 0 spiro atoms. The van der Waals surface area contributed by atoms with Gasteiger partial charge in [0.25, 0.3) is 0 Å². The number of aromatic hydroxyl groups is 1. The molecule has 2 rings (SSSR count). The predicted molar refractivity (Wildman–Crippen MR) is 118 cm³/mol. The fourth-order valence-corrected chi connectivity index (χ4v) is 3.11. The fraction of sp³-hybridized carbons (Fsp3) is 0.304. The van der Waals surface area contributed by atoms with E-state index in [4.69, 9.17) is 10.8 Å². The quantitative estimate of drug-likeness (QED) is 0.265. The fourth-order valence-electron chi connectivity index (χ4n) is 3.11. The third kappa shape index (κ3) is 8.62. The number of hydrogen-bond acceptors (Lipinski definition) is 6. The molecule has 2 aromatic rings. The Bertz CT molecular complexity index is 964. The lowest BCUT2D eigenvalue weighted by molar-refractivity contribution is -0.143. The Morgan fingerprint density at radius 3 is 1.94 bits per heavy atom. The number of nitrogens with two attached hydrogens (primary N) is 1. The maximum Gasteiger partial charge on any atom is 0.326 e. The Morgan fingerprint density at radius 2 is 1.36 bits per heavy atom. The highest BCUT2D eigenvalue weighted by molar-refractivity contribution is 5.92. The zero-order chi connectivity index (χ0) is 24.4. The van der Waals surface area contributed by atoms with Crippen LogP contribution in [0.4, 0.5) is 0 Å². The van der Waals surface area contributed by atoms with Crippen molar-refractivity contribution < 1.29 is 34.5 Å². The Balaban J connectivity index is 2.14. The van der Waals surface area contributed by atoms with E-state index in [1.165, 1.54) is 12.1 Å². The first-order valence-electron chi connectivity index (χ1n) is 10.3. The minimum atomic E-state index is -1.44. The number of carboxylic acid groups (broad SMARTS) is 2. The van der Waals surface area contributed by atoms with Crippen molar-refractivity contribution in [1.29, 1.82) is 0 Å². The summed E-state index contributed by atoms with van der Waals surface area (Å²) in [4.78, 5) is 47.8. The maximum atomic E-state index is 12.9. The van der Waals surface area contributed by atoms with Crippen LogP contribution in [0.5, 0.6) is 5.75 Å². The van der Waals surface area contributed by atoms with Gasteiger partial charge >= 0.3 is 11.9 Å². The van der Waals surface area contributed by atoms with Crippen LogP contribution < -0.4 is 16.4 Å². The SMILES string of the molecule is NC(Cc1ccccc1)C(=O)NC(Cc1ccc(O)cc1)C(=O)NC(CCC(=O)O)C(=O)O. The molecule has 10 nitrogen and oxygen atoms in total. The van der Waals surface area contributed by atoms with Gasteiger partial charge in [0.2, 0.25) is 11.8 Å². The van der Waals surface area contributed by atoms with Gasteiger partial charge < -0.3 is 31.7 Å². The van der Waals surface area contributed by atoms with Crippen LogP contribution in [-0.2, 0) is 32.0 Å². The number of nitrogens with one attached hydrogen (secondary N) is 2. The van der Waals surface area contributed by atoms with Gasteiger partial charge in [-0.25, -0.2) is 4.79 Å². The summed E-state index contributed by atoms with van der Waals surface area (Å²) >= 11 is 0. The van der Waals surface area contributed by atoms with Crippen molar-refractivity contribution in [3.05, 3.63) is 65.7 Å². The van der Waals surface area contributed by atoms with Crippen molar-refractivity contribution in [3.63, 3.8) is 0 Å². The molecule has 0 bridgehead atoms. The smallest absolute Gasteiger partial charge is 0.326 e. The van der Waals surface area contributed by atoms with E-state index < -0.39 is 48.3 Å². The number of benzene rings is 2. The highest BCUT2D eigenvalue weighted by Crippen LogP contribution is 2.12. The van der Waals surface area contributed by atoms with Crippen LogP contribution in [0, 0.1) is 0 Å². The summed E-state index contributed by atoms with van der Waals surface area (Å²) in [5.41, 5.74) is 7.44. The van der Waals surface area contributed by atoms with Gasteiger partial charge in [0.05, 0.1) is 6.04 Å². The Morgan fingerprint density at radius 1 is 0.788 bits per heavy atom. The van der Waals surface area contributed by atoms with Crippen LogP contribution >= 0.6 is 0 Å². The second-order valence-corrected chi connectivity index (χ2v) is 7.56. The van der Waals surface area contributed by atoms with Crippen LogP contribution in [-0.4, -0.2) is 57.2 Å². The summed E-state index contributed by atoms with van der Waals surface area (Å²) < 4.78 is 0. The Labute approximate surface area is 190 Å². The van der Waals surface area contributed by atoms with E-state index in [9.17, 15) is 29.4 Å². The standard InChI is InChI=1S/C23H27N3O7/c24-17(12-14-4-2-1-3-5-14)21(30)26-19(13-15-6-8-16(27)9-7-15)22(31)25-18(23(32)33)10-11-20(28)29/h1-9,17-19,27H,10-13,24H2,(H,25,31)(H,26,30)(H,28,29)(H,32,33). The first kappa shape index (κ1) is 25.3. The molecular formula is C23H27N3O7. The van der Waals surface area contributed by atoms with Crippen molar-refractivity contribution in [2.24, 2.45) is 5.73 Å². The molecule has 176 valence electrons. The van der Waals surface area contributed by atoms with Crippen molar-refractivity contribution in [3.8, 4) is 5.75 Å². The third-order valence-corrected chi connectivity index (χ3v) is 4.91. The van der Waals surface area contributed by atoms with Gasteiger partial charge in [-0.3, -0.25) is 14.4 Å². The van der Waals surface area contributed by atoms with Crippen LogP contribution in [0.3, 0.4) is 0 Å². The van der Waals surface area contributed by atoms with E-state index in [0.29, 0.717) is 5.56 Å². The van der Waals surface area contributed by atoms with Crippen molar-refractivity contribution >= 4 is 23.8 Å². The molecule has 2 aromatic carbocycles. The average Bonchev–Trinajstić information content (AvgIpc) is 2.77. The average molecular weight is 457 g/mol. The summed E-state index contributed by atoms with van der Waals surface area (Å²) in [6, 6.07) is 11.5. The number of carbonyl (C=O) groups is 4. The van der Waals surface area contributed by atoms with Crippen LogP contribution in [0.25, 0.3) is 0 Å². The molecular weight excluding hydrogens is 430 g/mol. The molecule has 33 heavy (non-hydrogen) atoms. The predicted octanol–water partition coefficient (Wildman–Crippen LogP) is 0.424. The van der Waals surface area contributed by atoms with E-state index in [1.807, 2.05) is 30.3 Å². The lowest BCUT2D eigenvalue weighted by Gasteiger charge is -2.23. The molecule has 0 saturated heterocycles. The highest BCUT2D eigenvalue weighted by atomic mass is 16.4. The summed E-state index contributed by atoms with van der Waals surface area (Å²) in [5.74, 6) is -3.96. The minimum absolute atomic E-state index is 0.00117. The molecule has 2 amide bonds. The molecule has 3 atom stereocenters. The summed E-state index contributed by atoms with van der Waals surface area (Å²) in [5, 5.41) is 32.5. The normalized spacial score (nSPS) is 13.4. The molecule has 0 radical (unpaired) electrons. The molecule has 10 heteroatoms. The maximum absolute atomic E-state index is 12.9. The van der Waals surface area contributed by atoms with Crippen LogP contribution in [0.15, 0.2) is 54.6 Å². The first-order chi connectivity index (χ1) is 15.7. The molecule has 0 heterocycles. The molecule has 0 saturated carbocycles. The number of carboxylic acids is 2. The van der Waals surface area contributed by atoms with E-state index in [-0.39, 0.29) is 25.0 Å². The van der Waals surface area contributed by atoms with Gasteiger partial charge in [-0.2, -0.15) is 0 Å². The number of carbonyl (C=O) groups excluding carboxylic acids is 2. The second kappa shape index (κ2) is 12.2. The van der Waals surface area contributed by atoms with Gasteiger partial charge in [0, 0.05) is 12.8 Å². The van der Waals surface area contributed by atoms with Gasteiger partial charge in [0.15, 0.2) is 0 Å². The molecule has 0 aromatic heterocycles. The molecule has 0 aliphatic rings. The largest absolute Gasteiger partial charge is 0.508 e. The number of amides is 2. The van der Waals surface area contributed by atoms with Gasteiger partial charge in [-0.1, -0.05) is 42.5 Å². The zero-order valence-electron chi connectivity index (χ0n) is 17.8. The lowest BCUT2D eigenvalue weighted by atomic mass is 10.0. The van der Waals surface area contributed by atoms with E-state index in [1.54, 1.807) is 12.1 Å². The summed E-state index contributed by atoms with van der Waals surface area (Å²) in [7, 11) is 0. The first-order valence-corrected chi connectivity index (χ1v) is 10.3. The number of aliphatic carboxylic acids is 2. The van der Waals surface area contributed by atoms with E-state index in [2.05, 4.69) is 10.6 Å². The molecule has 7 N–H and O–H groups in total. The van der Waals surface area contributed by atoms with Gasteiger partial charge in [0.1, 0.15) is 17.8 Å². The van der Waals surface area contributed by atoms with Crippen LogP contribution in [0.2, 0.25) is 0 Å². The number of hydrogen-bond donors (Lipinski definition) is 6. The Hall–Kier alpha value is -3.92. The Kier molecular flexibility index (Phi) is 9.37. The number of phenolic OH excluding ortho intramolecular Hbond substituents is 1. The van der Waals surface area contributed by atoms with Crippen molar-refractivity contribution in [1.82, 2.24) is 10.6 Å². The van der Waals surface area contributed by atoms with E-state index >= 15 is 0 Å². The number of rotatable bonds is 12. The third-order valence-electron chi connectivity index (χ3n) is 4.91. The second-order valence-electron chi connectivity index (χ2n) is 7.56. The van der Waals surface area contributed by atoms with Crippen molar-refractivity contribution in [2.75, 3.05) is 0 Å². The van der Waals surface area contributed by atoms with Gasteiger partial charge in [-0.05, 0) is 36.1 Å². The topological polar surface area (TPSA) is 179 Å². The van der Waals surface area contributed by atoms with Crippen molar-refractivity contribution in [2.45, 2.75) is 43.8 Å². The lowest BCUT2D eigenvalue weighted by Crippen LogP contribution is -2.55. The van der Waals surface area contributed by atoms with E-state index in [0.717, 1.165) is 5.56 Å². The molecule has 0 aliphatic carbocycles. The molecule has 0 fully saturated rings. The van der Waals surface area contributed by atoms with Crippen LogP contribution in [0.1, 0.15) is 24.0 Å². The summed E-state index contributed by atoms with van der Waals surface area (Å²) in [6.07, 6.45) is -0.532.